The Kier molecular flexibility index (Phi) is 2.94. The summed E-state index contributed by atoms with van der Waals surface area (Å²) >= 11 is 0. The second-order valence-corrected chi connectivity index (χ2v) is 6.14. The minimum atomic E-state index is -0.767. The Morgan fingerprint density at radius 2 is 2.00 bits per heavy atom. The van der Waals surface area contributed by atoms with Gasteiger partial charge >= 0.3 is 5.97 Å². The predicted octanol–water partition coefficient (Wildman–Crippen LogP) is 1.04. The van der Waals surface area contributed by atoms with E-state index < -0.39 is 5.97 Å². The molecule has 2 atom stereocenters. The molecule has 4 aliphatic rings. The van der Waals surface area contributed by atoms with Crippen LogP contribution in [0.25, 0.3) is 0 Å². The van der Waals surface area contributed by atoms with Gasteiger partial charge in [-0.15, -0.1) is 0 Å². The van der Waals surface area contributed by atoms with Crippen molar-refractivity contribution in [2.24, 2.45) is 11.3 Å². The van der Waals surface area contributed by atoms with Crippen molar-refractivity contribution in [1.82, 2.24) is 9.80 Å². The van der Waals surface area contributed by atoms with E-state index in [9.17, 15) is 4.79 Å². The lowest BCUT2D eigenvalue weighted by Crippen LogP contribution is -2.56. The highest BCUT2D eigenvalue weighted by atomic mass is 16.4. The van der Waals surface area contributed by atoms with Crippen molar-refractivity contribution < 1.29 is 9.90 Å². The number of piperidine rings is 2. The Labute approximate surface area is 108 Å². The first-order chi connectivity index (χ1) is 8.63. The third kappa shape index (κ3) is 1.88. The van der Waals surface area contributed by atoms with E-state index in [1.54, 1.807) is 0 Å². The SMILES string of the molecule is CCCC12CN3CCN(CC(C3)/C1=C\C(=O)O)C2. The molecule has 4 nitrogen and oxygen atoms in total. The minimum absolute atomic E-state index is 0.116. The monoisotopic (exact) mass is 250 g/mol. The van der Waals surface area contributed by atoms with Crippen LogP contribution >= 0.6 is 0 Å². The van der Waals surface area contributed by atoms with Gasteiger partial charge in [0.25, 0.3) is 0 Å². The minimum Gasteiger partial charge on any atom is -0.478 e. The number of aliphatic carboxylic acids is 1. The highest BCUT2D eigenvalue weighted by molar-refractivity contribution is 5.81. The summed E-state index contributed by atoms with van der Waals surface area (Å²) in [5.41, 5.74) is 1.34. The van der Waals surface area contributed by atoms with E-state index in [2.05, 4.69) is 16.7 Å². The van der Waals surface area contributed by atoms with Gasteiger partial charge < -0.3 is 14.9 Å². The molecule has 0 spiro atoms. The number of carboxylic acids is 1. The normalized spacial score (nSPS) is 44.3. The number of carbonyl (C=O) groups is 1. The molecule has 100 valence electrons. The van der Waals surface area contributed by atoms with Gasteiger partial charge in [0.2, 0.25) is 0 Å². The summed E-state index contributed by atoms with van der Waals surface area (Å²) in [5.74, 6) is -0.325. The maximum Gasteiger partial charge on any atom is 0.328 e. The van der Waals surface area contributed by atoms with Crippen LogP contribution in [-0.2, 0) is 4.79 Å². The molecule has 4 heteroatoms. The van der Waals surface area contributed by atoms with E-state index in [1.165, 1.54) is 11.6 Å². The van der Waals surface area contributed by atoms with Crippen molar-refractivity contribution in [3.8, 4) is 0 Å². The number of hydrogen-bond donors (Lipinski definition) is 1. The fourth-order valence-corrected chi connectivity index (χ4v) is 4.34. The molecule has 4 bridgehead atoms. The van der Waals surface area contributed by atoms with Gasteiger partial charge in [0.05, 0.1) is 0 Å². The Hall–Kier alpha value is -0.870. The average molecular weight is 250 g/mol. The molecule has 0 radical (unpaired) electrons. The van der Waals surface area contributed by atoms with Crippen LogP contribution < -0.4 is 0 Å². The van der Waals surface area contributed by atoms with Crippen LogP contribution in [0.1, 0.15) is 19.8 Å². The lowest BCUT2D eigenvalue weighted by Gasteiger charge is -2.52. The standard InChI is InChI=1S/C14H22N2O2/c1-2-3-14-9-15-4-5-16(10-14)8-11(7-15)12(14)6-13(17)18/h6,11H,2-5,7-10H2,1H3,(H,17,18)/b12-6+. The van der Waals surface area contributed by atoms with Crippen LogP contribution in [0.15, 0.2) is 11.6 Å². The molecule has 0 aromatic rings. The van der Waals surface area contributed by atoms with Gasteiger partial charge in [0.15, 0.2) is 0 Å². The number of hydrogen-bond acceptors (Lipinski definition) is 3. The summed E-state index contributed by atoms with van der Waals surface area (Å²) in [6.07, 6.45) is 3.78. The largest absolute Gasteiger partial charge is 0.478 e. The summed E-state index contributed by atoms with van der Waals surface area (Å²) in [5, 5.41) is 9.15. The van der Waals surface area contributed by atoms with Crippen molar-refractivity contribution in [2.75, 3.05) is 39.3 Å². The van der Waals surface area contributed by atoms with Crippen LogP contribution in [0, 0.1) is 11.3 Å². The van der Waals surface area contributed by atoms with Gasteiger partial charge in [-0.25, -0.2) is 4.79 Å². The molecular weight excluding hydrogens is 228 g/mol. The second kappa shape index (κ2) is 4.35. The Bertz CT molecular complexity index is 375. The molecular formula is C14H22N2O2. The zero-order valence-electron chi connectivity index (χ0n) is 11.1. The molecule has 4 heterocycles. The number of fused-ring (bicyclic) bond motifs is 1. The summed E-state index contributed by atoms with van der Waals surface area (Å²) < 4.78 is 0. The molecule has 0 saturated carbocycles. The smallest absolute Gasteiger partial charge is 0.328 e. The molecule has 4 aliphatic heterocycles. The van der Waals surface area contributed by atoms with Crippen molar-refractivity contribution in [3.05, 3.63) is 11.6 Å². The highest BCUT2D eigenvalue weighted by Gasteiger charge is 2.50. The summed E-state index contributed by atoms with van der Waals surface area (Å²) in [6.45, 7) is 8.75. The topological polar surface area (TPSA) is 43.8 Å². The lowest BCUT2D eigenvalue weighted by molar-refractivity contribution is -0.131. The quantitative estimate of drug-likeness (QED) is 0.760. The van der Waals surface area contributed by atoms with Crippen molar-refractivity contribution in [3.63, 3.8) is 0 Å². The molecule has 1 N–H and O–H groups in total. The van der Waals surface area contributed by atoms with Gasteiger partial charge in [-0.1, -0.05) is 13.3 Å². The second-order valence-electron chi connectivity index (χ2n) is 6.14. The number of rotatable bonds is 3. The Morgan fingerprint density at radius 3 is 2.50 bits per heavy atom. The fourth-order valence-electron chi connectivity index (χ4n) is 4.34. The molecule has 2 unspecified atom stereocenters. The fraction of sp³-hybridized carbons (Fsp3) is 0.786. The molecule has 4 rings (SSSR count). The third-order valence-electron chi connectivity index (χ3n) is 4.80. The number of carboxylic acid groups (broad SMARTS) is 1. The van der Waals surface area contributed by atoms with E-state index in [4.69, 9.17) is 5.11 Å². The predicted molar refractivity (Wildman–Crippen MR) is 69.4 cm³/mol. The molecule has 18 heavy (non-hydrogen) atoms. The van der Waals surface area contributed by atoms with Crippen molar-refractivity contribution >= 4 is 5.97 Å². The Morgan fingerprint density at radius 1 is 1.39 bits per heavy atom. The van der Waals surface area contributed by atoms with Gasteiger partial charge in [0, 0.05) is 56.7 Å². The first-order valence-corrected chi connectivity index (χ1v) is 7.03. The van der Waals surface area contributed by atoms with E-state index in [1.807, 2.05) is 0 Å². The van der Waals surface area contributed by atoms with Gasteiger partial charge in [0.1, 0.15) is 0 Å². The van der Waals surface area contributed by atoms with Gasteiger partial charge in [-0.05, 0) is 12.0 Å². The average Bonchev–Trinajstić information content (AvgIpc) is 2.52. The van der Waals surface area contributed by atoms with E-state index in [0.717, 1.165) is 52.1 Å². The van der Waals surface area contributed by atoms with Crippen LogP contribution in [0.5, 0.6) is 0 Å². The first-order valence-electron chi connectivity index (χ1n) is 7.03. The zero-order valence-corrected chi connectivity index (χ0v) is 11.1. The maximum atomic E-state index is 11.1. The van der Waals surface area contributed by atoms with E-state index in [0.29, 0.717) is 5.92 Å². The molecule has 4 fully saturated rings. The first kappa shape index (κ1) is 12.2. The third-order valence-corrected chi connectivity index (χ3v) is 4.80. The molecule has 4 saturated heterocycles. The van der Waals surface area contributed by atoms with Crippen LogP contribution in [-0.4, -0.2) is 60.1 Å². The molecule has 0 amide bonds. The van der Waals surface area contributed by atoms with Gasteiger partial charge in [-0.3, -0.25) is 0 Å². The summed E-state index contributed by atoms with van der Waals surface area (Å²) in [6, 6.07) is 0. The molecule has 0 aromatic carbocycles. The summed E-state index contributed by atoms with van der Waals surface area (Å²) in [4.78, 5) is 16.2. The maximum absolute atomic E-state index is 11.1. The lowest BCUT2D eigenvalue weighted by atomic mass is 9.65. The summed E-state index contributed by atoms with van der Waals surface area (Å²) in [7, 11) is 0. The van der Waals surface area contributed by atoms with Crippen molar-refractivity contribution in [2.45, 2.75) is 19.8 Å². The van der Waals surface area contributed by atoms with Crippen LogP contribution in [0.2, 0.25) is 0 Å². The Balaban J connectivity index is 2.01. The highest BCUT2D eigenvalue weighted by Crippen LogP contribution is 2.47. The molecule has 0 aromatic heterocycles. The van der Waals surface area contributed by atoms with Crippen LogP contribution in [0.4, 0.5) is 0 Å². The van der Waals surface area contributed by atoms with E-state index in [-0.39, 0.29) is 5.41 Å². The van der Waals surface area contributed by atoms with Crippen molar-refractivity contribution in [1.29, 1.82) is 0 Å². The van der Waals surface area contributed by atoms with Crippen LogP contribution in [0.3, 0.4) is 0 Å². The van der Waals surface area contributed by atoms with Gasteiger partial charge in [-0.2, -0.15) is 0 Å². The zero-order chi connectivity index (χ0) is 12.8. The van der Waals surface area contributed by atoms with E-state index >= 15 is 0 Å². The number of nitrogens with zero attached hydrogens (tertiary/aromatic N) is 2. The molecule has 0 aliphatic carbocycles.